The number of nitrogens with two attached hydrogens (primary N) is 1. The van der Waals surface area contributed by atoms with Gasteiger partial charge in [-0.25, -0.2) is 4.79 Å². The lowest BCUT2D eigenvalue weighted by Crippen LogP contribution is -2.60. The number of rotatable bonds is 3. The molecule has 1 saturated heterocycles. The van der Waals surface area contributed by atoms with Gasteiger partial charge in [0.1, 0.15) is 10.4 Å². The number of β-lactam (4-membered cyclic amide) rings is 1. The standard InChI is InChI=1S/C9H10N6O4S/c1-2(16)3-5(17)14-4(8(18)19)7(20-6(3)14)15-9(10)11-12-13-15/h2-3,6,16H,1H3,(H,18,19)(H2,10,11,13)/t2-,3+,6-/m1/s1. The van der Waals surface area contributed by atoms with Crippen LogP contribution in [0.3, 0.4) is 0 Å². The number of amides is 1. The average molecular weight is 298 g/mol. The van der Waals surface area contributed by atoms with Crippen molar-refractivity contribution in [3.63, 3.8) is 0 Å². The molecule has 3 heterocycles. The number of aliphatic hydroxyl groups is 1. The van der Waals surface area contributed by atoms with Gasteiger partial charge in [-0.3, -0.25) is 9.69 Å². The number of tetrazole rings is 1. The largest absolute Gasteiger partial charge is 0.476 e. The van der Waals surface area contributed by atoms with E-state index >= 15 is 0 Å². The zero-order chi connectivity index (χ0) is 14.6. The molecular formula is C9H10N6O4S. The summed E-state index contributed by atoms with van der Waals surface area (Å²) in [5.74, 6) is -2.43. The predicted molar refractivity (Wildman–Crippen MR) is 66.5 cm³/mol. The van der Waals surface area contributed by atoms with E-state index in [0.29, 0.717) is 0 Å². The Labute approximate surface area is 116 Å². The van der Waals surface area contributed by atoms with Crippen LogP contribution in [0.2, 0.25) is 0 Å². The number of hydrogen-bond donors (Lipinski definition) is 3. The van der Waals surface area contributed by atoms with Crippen molar-refractivity contribution in [3.8, 4) is 0 Å². The van der Waals surface area contributed by atoms with Crippen LogP contribution >= 0.6 is 11.8 Å². The Balaban J connectivity index is 2.05. The van der Waals surface area contributed by atoms with Crippen molar-refractivity contribution in [3.05, 3.63) is 5.70 Å². The number of aliphatic carboxylic acids is 1. The zero-order valence-corrected chi connectivity index (χ0v) is 11.0. The Morgan fingerprint density at radius 3 is 2.75 bits per heavy atom. The Hall–Kier alpha value is -2.14. The quantitative estimate of drug-likeness (QED) is 0.560. The maximum Gasteiger partial charge on any atom is 0.355 e. The number of nitrogens with zero attached hydrogens (tertiary/aromatic N) is 5. The minimum atomic E-state index is -1.28. The summed E-state index contributed by atoms with van der Waals surface area (Å²) in [6, 6.07) is 0. The van der Waals surface area contributed by atoms with Gasteiger partial charge in [0.25, 0.3) is 0 Å². The highest BCUT2D eigenvalue weighted by Gasteiger charge is 2.58. The Morgan fingerprint density at radius 1 is 1.55 bits per heavy atom. The molecule has 0 unspecified atom stereocenters. The highest BCUT2D eigenvalue weighted by atomic mass is 32.2. The van der Waals surface area contributed by atoms with E-state index in [4.69, 9.17) is 5.73 Å². The first-order valence-electron chi connectivity index (χ1n) is 5.63. The number of aromatic nitrogens is 4. The molecule has 10 nitrogen and oxygen atoms in total. The minimum Gasteiger partial charge on any atom is -0.476 e. The maximum absolute atomic E-state index is 12.0. The second-order valence-electron chi connectivity index (χ2n) is 4.39. The Bertz CT molecular complexity index is 640. The van der Waals surface area contributed by atoms with Gasteiger partial charge in [-0.15, -0.1) is 0 Å². The normalized spacial score (nSPS) is 26.5. The first-order chi connectivity index (χ1) is 9.43. The van der Waals surface area contributed by atoms with E-state index in [0.717, 1.165) is 21.3 Å². The second-order valence-corrected chi connectivity index (χ2v) is 5.50. The van der Waals surface area contributed by atoms with Crippen LogP contribution in [0.1, 0.15) is 6.92 Å². The summed E-state index contributed by atoms with van der Waals surface area (Å²) in [5, 5.41) is 29.0. The van der Waals surface area contributed by atoms with Gasteiger partial charge in [-0.1, -0.05) is 16.9 Å². The number of aliphatic hydroxyl groups excluding tert-OH is 1. The van der Waals surface area contributed by atoms with Crippen LogP contribution in [0.15, 0.2) is 5.70 Å². The van der Waals surface area contributed by atoms with Crippen LogP contribution in [-0.2, 0) is 9.59 Å². The molecule has 0 saturated carbocycles. The number of nitrogen functional groups attached to an aromatic ring is 1. The fraction of sp³-hybridized carbons (Fsp3) is 0.444. The summed E-state index contributed by atoms with van der Waals surface area (Å²) in [4.78, 5) is 24.5. The van der Waals surface area contributed by atoms with Crippen molar-refractivity contribution in [1.82, 2.24) is 25.1 Å². The van der Waals surface area contributed by atoms with Crippen LogP contribution in [0.5, 0.6) is 0 Å². The average Bonchev–Trinajstić information content (AvgIpc) is 2.89. The first kappa shape index (κ1) is 12.9. The molecule has 1 aromatic rings. The first-order valence-corrected chi connectivity index (χ1v) is 6.51. The number of carbonyl (C=O) groups excluding carboxylic acids is 1. The fourth-order valence-corrected chi connectivity index (χ4v) is 3.81. The van der Waals surface area contributed by atoms with Crippen molar-refractivity contribution in [2.75, 3.05) is 5.73 Å². The molecular weight excluding hydrogens is 288 g/mol. The van der Waals surface area contributed by atoms with E-state index in [1.54, 1.807) is 0 Å². The molecule has 3 atom stereocenters. The molecule has 1 fully saturated rings. The van der Waals surface area contributed by atoms with Crippen molar-refractivity contribution < 1.29 is 19.8 Å². The highest BCUT2D eigenvalue weighted by Crippen LogP contribution is 2.51. The molecule has 4 N–H and O–H groups in total. The molecule has 0 aromatic carbocycles. The van der Waals surface area contributed by atoms with Crippen LogP contribution < -0.4 is 5.73 Å². The number of carboxylic acid groups (broad SMARTS) is 1. The molecule has 0 spiro atoms. The van der Waals surface area contributed by atoms with Gasteiger partial charge >= 0.3 is 5.97 Å². The topological polar surface area (TPSA) is 147 Å². The predicted octanol–water partition coefficient (Wildman–Crippen LogP) is -1.62. The molecule has 0 bridgehead atoms. The monoisotopic (exact) mass is 298 g/mol. The molecule has 2 aliphatic rings. The number of fused-ring (bicyclic) bond motifs is 1. The van der Waals surface area contributed by atoms with Crippen molar-refractivity contribution in [2.45, 2.75) is 18.4 Å². The zero-order valence-electron chi connectivity index (χ0n) is 10.2. The SMILES string of the molecule is C[C@@H](O)[C@H]1C(=O)N2C(C(=O)O)=C(n3nnnc3N)S[C@H]12. The molecule has 1 aromatic heterocycles. The van der Waals surface area contributed by atoms with Gasteiger partial charge in [0.2, 0.25) is 11.9 Å². The molecule has 1 amide bonds. The molecule has 20 heavy (non-hydrogen) atoms. The summed E-state index contributed by atoms with van der Waals surface area (Å²) < 4.78 is 1.07. The summed E-state index contributed by atoms with van der Waals surface area (Å²) in [6.07, 6.45) is -0.864. The van der Waals surface area contributed by atoms with Gasteiger partial charge in [-0.2, -0.15) is 4.68 Å². The van der Waals surface area contributed by atoms with E-state index in [9.17, 15) is 19.8 Å². The number of anilines is 1. The van der Waals surface area contributed by atoms with E-state index in [1.165, 1.54) is 6.92 Å². The van der Waals surface area contributed by atoms with Gasteiger partial charge in [0.05, 0.1) is 12.0 Å². The third-order valence-corrected chi connectivity index (χ3v) is 4.50. The van der Waals surface area contributed by atoms with Crippen LogP contribution in [0.25, 0.3) is 5.03 Å². The second kappa shape index (κ2) is 4.18. The number of hydrogen-bond acceptors (Lipinski definition) is 8. The molecule has 0 radical (unpaired) electrons. The van der Waals surface area contributed by atoms with E-state index in [1.807, 2.05) is 0 Å². The third-order valence-electron chi connectivity index (χ3n) is 3.17. The summed E-state index contributed by atoms with van der Waals surface area (Å²) in [7, 11) is 0. The summed E-state index contributed by atoms with van der Waals surface area (Å²) in [5.41, 5.74) is 5.34. The van der Waals surface area contributed by atoms with Gasteiger partial charge in [-0.05, 0) is 17.4 Å². The maximum atomic E-state index is 12.0. The molecule has 11 heteroatoms. The van der Waals surface area contributed by atoms with Crippen LogP contribution in [0, 0.1) is 5.92 Å². The van der Waals surface area contributed by atoms with Crippen LogP contribution in [-0.4, -0.2) is 58.7 Å². The van der Waals surface area contributed by atoms with Crippen molar-refractivity contribution >= 4 is 34.6 Å². The summed E-state index contributed by atoms with van der Waals surface area (Å²) >= 11 is 1.09. The third kappa shape index (κ3) is 1.53. The lowest BCUT2D eigenvalue weighted by Gasteiger charge is -2.43. The Kier molecular flexibility index (Phi) is 2.69. The summed E-state index contributed by atoms with van der Waals surface area (Å²) in [6.45, 7) is 1.49. The minimum absolute atomic E-state index is 0.0743. The molecule has 106 valence electrons. The lowest BCUT2D eigenvalue weighted by atomic mass is 9.92. The lowest BCUT2D eigenvalue weighted by molar-refractivity contribution is -0.156. The molecule has 0 aliphatic carbocycles. The van der Waals surface area contributed by atoms with E-state index in [2.05, 4.69) is 15.5 Å². The van der Waals surface area contributed by atoms with Crippen molar-refractivity contribution in [2.24, 2.45) is 5.92 Å². The van der Waals surface area contributed by atoms with E-state index in [-0.39, 0.29) is 16.7 Å². The molecule has 2 aliphatic heterocycles. The van der Waals surface area contributed by atoms with Crippen molar-refractivity contribution in [1.29, 1.82) is 0 Å². The number of carbonyl (C=O) groups is 2. The Morgan fingerprint density at radius 2 is 2.25 bits per heavy atom. The fourth-order valence-electron chi connectivity index (χ4n) is 2.25. The number of carboxylic acids is 1. The highest BCUT2D eigenvalue weighted by molar-refractivity contribution is 8.08. The van der Waals surface area contributed by atoms with E-state index < -0.39 is 29.3 Å². The van der Waals surface area contributed by atoms with Gasteiger partial charge in [0.15, 0.2) is 5.70 Å². The number of thioether (sulfide) groups is 1. The smallest absolute Gasteiger partial charge is 0.355 e. The van der Waals surface area contributed by atoms with Crippen LogP contribution in [0.4, 0.5) is 5.95 Å². The van der Waals surface area contributed by atoms with Gasteiger partial charge < -0.3 is 15.9 Å². The van der Waals surface area contributed by atoms with Gasteiger partial charge in [0, 0.05) is 0 Å². The molecule has 3 rings (SSSR count).